The van der Waals surface area contributed by atoms with Crippen molar-refractivity contribution in [2.24, 2.45) is 23.3 Å². The number of hydrogen-bond acceptors (Lipinski definition) is 6. The Kier molecular flexibility index (Phi) is 12.9. The minimum Gasteiger partial charge on any atom is -0.480 e. The summed E-state index contributed by atoms with van der Waals surface area (Å²) in [5, 5.41) is 16.9. The first-order valence-electron chi connectivity index (χ1n) is 10.5. The molecule has 3 amide bonds. The van der Waals surface area contributed by atoms with Crippen LogP contribution in [0.25, 0.3) is 0 Å². The zero-order valence-electron chi connectivity index (χ0n) is 18.7. The topological polar surface area (TPSA) is 177 Å². The lowest BCUT2D eigenvalue weighted by molar-refractivity contribution is -0.143. The van der Waals surface area contributed by atoms with Gasteiger partial charge in [-0.25, -0.2) is 4.79 Å². The molecule has 10 heteroatoms. The molecule has 10 nitrogen and oxygen atoms in total. The number of carboxylic acid groups (broad SMARTS) is 1. The number of carbonyl (C=O) groups is 4. The van der Waals surface area contributed by atoms with E-state index in [2.05, 4.69) is 16.0 Å². The van der Waals surface area contributed by atoms with E-state index in [1.54, 1.807) is 13.8 Å². The standard InChI is InChI=1S/C20H39N5O5/c1-11(2)10-15(19(28)25-16(12(3)4)20(29)30)24-17(26)13(5)23-18(27)14(22)8-6-7-9-21/h11-16H,6-10,21-22H2,1-5H3,(H,23,27)(H,24,26)(H,25,28)(H,29,30). The van der Waals surface area contributed by atoms with Crippen molar-refractivity contribution in [1.29, 1.82) is 0 Å². The molecule has 0 aliphatic rings. The van der Waals surface area contributed by atoms with Crippen LogP contribution in [0.5, 0.6) is 0 Å². The van der Waals surface area contributed by atoms with Gasteiger partial charge in [0.2, 0.25) is 17.7 Å². The van der Waals surface area contributed by atoms with Crippen LogP contribution >= 0.6 is 0 Å². The van der Waals surface area contributed by atoms with E-state index >= 15 is 0 Å². The van der Waals surface area contributed by atoms with Crippen molar-refractivity contribution in [2.75, 3.05) is 6.54 Å². The molecule has 0 spiro atoms. The predicted molar refractivity (Wildman–Crippen MR) is 114 cm³/mol. The van der Waals surface area contributed by atoms with Crippen molar-refractivity contribution in [3.8, 4) is 0 Å². The molecule has 0 aromatic heterocycles. The molecule has 0 aromatic rings. The summed E-state index contributed by atoms with van der Waals surface area (Å²) in [4.78, 5) is 48.7. The normalized spacial score (nSPS) is 15.2. The molecule has 4 atom stereocenters. The van der Waals surface area contributed by atoms with Gasteiger partial charge in [-0.3, -0.25) is 14.4 Å². The number of unbranched alkanes of at least 4 members (excludes halogenated alkanes) is 1. The zero-order valence-corrected chi connectivity index (χ0v) is 18.7. The monoisotopic (exact) mass is 429 g/mol. The Bertz CT molecular complexity index is 582. The Balaban J connectivity index is 4.98. The van der Waals surface area contributed by atoms with Gasteiger partial charge in [0.25, 0.3) is 0 Å². The van der Waals surface area contributed by atoms with Crippen LogP contribution in [0.1, 0.15) is 60.3 Å². The molecule has 4 unspecified atom stereocenters. The van der Waals surface area contributed by atoms with E-state index in [-0.39, 0.29) is 11.8 Å². The quantitative estimate of drug-likeness (QED) is 0.205. The highest BCUT2D eigenvalue weighted by Gasteiger charge is 2.30. The summed E-state index contributed by atoms with van der Waals surface area (Å²) in [6.07, 6.45) is 2.25. The molecule has 0 rings (SSSR count). The van der Waals surface area contributed by atoms with Crippen LogP contribution in [0, 0.1) is 11.8 Å². The summed E-state index contributed by atoms with van der Waals surface area (Å²) in [6, 6.07) is -3.63. The number of carbonyl (C=O) groups excluding carboxylic acids is 3. The van der Waals surface area contributed by atoms with Crippen LogP contribution in [0.15, 0.2) is 0 Å². The molecule has 0 bridgehead atoms. The molecule has 0 fully saturated rings. The van der Waals surface area contributed by atoms with Crippen LogP contribution in [0.2, 0.25) is 0 Å². The molecule has 0 heterocycles. The van der Waals surface area contributed by atoms with Gasteiger partial charge in [0.15, 0.2) is 0 Å². The first-order chi connectivity index (χ1) is 13.9. The number of aliphatic carboxylic acids is 1. The van der Waals surface area contributed by atoms with Crippen molar-refractivity contribution in [3.05, 3.63) is 0 Å². The van der Waals surface area contributed by atoms with Crippen molar-refractivity contribution in [3.63, 3.8) is 0 Å². The van der Waals surface area contributed by atoms with Gasteiger partial charge in [0, 0.05) is 0 Å². The third-order valence-corrected chi connectivity index (χ3v) is 4.63. The third kappa shape index (κ3) is 10.5. The maximum atomic E-state index is 12.6. The molecular weight excluding hydrogens is 390 g/mol. The van der Waals surface area contributed by atoms with E-state index in [1.165, 1.54) is 6.92 Å². The second-order valence-electron chi connectivity index (χ2n) is 8.38. The molecule has 0 aliphatic heterocycles. The van der Waals surface area contributed by atoms with Crippen molar-refractivity contribution in [1.82, 2.24) is 16.0 Å². The zero-order chi connectivity index (χ0) is 23.4. The second kappa shape index (κ2) is 13.9. The van der Waals surface area contributed by atoms with E-state index in [0.717, 1.165) is 6.42 Å². The lowest BCUT2D eigenvalue weighted by Crippen LogP contribution is -2.57. The average Bonchev–Trinajstić information content (AvgIpc) is 2.64. The SMILES string of the molecule is CC(C)CC(NC(=O)C(C)NC(=O)C(N)CCCCN)C(=O)NC(C(=O)O)C(C)C. The van der Waals surface area contributed by atoms with E-state index < -0.39 is 47.9 Å². The largest absolute Gasteiger partial charge is 0.480 e. The predicted octanol–water partition coefficient (Wildman–Crippen LogP) is -0.296. The van der Waals surface area contributed by atoms with Crippen molar-refractivity contribution < 1.29 is 24.3 Å². The summed E-state index contributed by atoms with van der Waals surface area (Å²) in [6.45, 7) is 9.15. The highest BCUT2D eigenvalue weighted by atomic mass is 16.4. The number of hydrogen-bond donors (Lipinski definition) is 6. The Morgan fingerprint density at radius 3 is 1.93 bits per heavy atom. The number of nitrogens with two attached hydrogens (primary N) is 2. The van der Waals surface area contributed by atoms with Crippen LogP contribution in [-0.2, 0) is 19.2 Å². The molecule has 8 N–H and O–H groups in total. The first kappa shape index (κ1) is 27.8. The van der Waals surface area contributed by atoms with Crippen LogP contribution in [0.4, 0.5) is 0 Å². The Labute approximate surface area is 178 Å². The minimum absolute atomic E-state index is 0.0734. The highest BCUT2D eigenvalue weighted by Crippen LogP contribution is 2.08. The van der Waals surface area contributed by atoms with E-state index in [1.807, 2.05) is 13.8 Å². The van der Waals surface area contributed by atoms with Crippen molar-refractivity contribution >= 4 is 23.7 Å². The maximum Gasteiger partial charge on any atom is 0.326 e. The molecule has 174 valence electrons. The summed E-state index contributed by atoms with van der Waals surface area (Å²) in [5.41, 5.74) is 11.2. The summed E-state index contributed by atoms with van der Waals surface area (Å²) < 4.78 is 0. The number of amides is 3. The van der Waals surface area contributed by atoms with Gasteiger partial charge in [-0.05, 0) is 44.6 Å². The molecule has 0 radical (unpaired) electrons. The second-order valence-corrected chi connectivity index (χ2v) is 8.38. The van der Waals surface area contributed by atoms with Crippen molar-refractivity contribution in [2.45, 2.75) is 84.5 Å². The van der Waals surface area contributed by atoms with Crippen LogP contribution in [-0.4, -0.2) is 59.5 Å². The lowest BCUT2D eigenvalue weighted by atomic mass is 10.00. The summed E-state index contributed by atoms with van der Waals surface area (Å²) in [7, 11) is 0. The fourth-order valence-corrected chi connectivity index (χ4v) is 2.79. The highest BCUT2D eigenvalue weighted by molar-refractivity contribution is 5.93. The van der Waals surface area contributed by atoms with Gasteiger partial charge in [-0.15, -0.1) is 0 Å². The summed E-state index contributed by atoms with van der Waals surface area (Å²) in [5.74, 6) is -2.96. The molecular formula is C20H39N5O5. The Morgan fingerprint density at radius 2 is 1.47 bits per heavy atom. The molecule has 0 saturated heterocycles. The minimum atomic E-state index is -1.14. The van der Waals surface area contributed by atoms with Gasteiger partial charge < -0.3 is 32.5 Å². The van der Waals surface area contributed by atoms with Gasteiger partial charge in [0.05, 0.1) is 6.04 Å². The lowest BCUT2D eigenvalue weighted by Gasteiger charge is -2.25. The average molecular weight is 430 g/mol. The Hall–Kier alpha value is -2.20. The van der Waals surface area contributed by atoms with Gasteiger partial charge >= 0.3 is 5.97 Å². The number of rotatable bonds is 14. The van der Waals surface area contributed by atoms with Crippen LogP contribution < -0.4 is 27.4 Å². The number of carboxylic acids is 1. The van der Waals surface area contributed by atoms with Crippen LogP contribution in [0.3, 0.4) is 0 Å². The van der Waals surface area contributed by atoms with Gasteiger partial charge in [0.1, 0.15) is 18.1 Å². The molecule has 0 aromatic carbocycles. The smallest absolute Gasteiger partial charge is 0.326 e. The van der Waals surface area contributed by atoms with E-state index in [0.29, 0.717) is 25.8 Å². The molecule has 30 heavy (non-hydrogen) atoms. The summed E-state index contributed by atoms with van der Waals surface area (Å²) >= 11 is 0. The molecule has 0 saturated carbocycles. The fourth-order valence-electron chi connectivity index (χ4n) is 2.79. The number of nitrogens with one attached hydrogen (secondary N) is 3. The Morgan fingerprint density at radius 1 is 0.867 bits per heavy atom. The van der Waals surface area contributed by atoms with E-state index in [9.17, 15) is 24.3 Å². The van der Waals surface area contributed by atoms with Gasteiger partial charge in [-0.2, -0.15) is 0 Å². The molecule has 0 aliphatic carbocycles. The first-order valence-corrected chi connectivity index (χ1v) is 10.5. The third-order valence-electron chi connectivity index (χ3n) is 4.63. The fraction of sp³-hybridized carbons (Fsp3) is 0.800. The maximum absolute atomic E-state index is 12.6. The van der Waals surface area contributed by atoms with E-state index in [4.69, 9.17) is 11.5 Å². The van der Waals surface area contributed by atoms with Gasteiger partial charge in [-0.1, -0.05) is 34.1 Å².